The van der Waals surface area contributed by atoms with Gasteiger partial charge < -0.3 is 9.64 Å². The topological polar surface area (TPSA) is 83.6 Å². The first-order valence-corrected chi connectivity index (χ1v) is 10.5. The number of quaternary nitrogens is 1. The summed E-state index contributed by atoms with van der Waals surface area (Å²) in [5, 5.41) is 9.05. The van der Waals surface area contributed by atoms with Gasteiger partial charge >= 0.3 is 0 Å². The minimum Gasteiger partial charge on any atom is -0.370 e. The van der Waals surface area contributed by atoms with Crippen molar-refractivity contribution in [2.75, 3.05) is 32.8 Å². The zero-order valence-corrected chi connectivity index (χ0v) is 16.1. The van der Waals surface area contributed by atoms with E-state index in [-0.39, 0.29) is 10.9 Å². The first kappa shape index (κ1) is 19.5. The predicted molar refractivity (Wildman–Crippen MR) is 102 cm³/mol. The maximum absolute atomic E-state index is 12.9. The lowest BCUT2D eigenvalue weighted by Gasteiger charge is -2.28. The van der Waals surface area contributed by atoms with E-state index >= 15 is 0 Å². The highest BCUT2D eigenvalue weighted by molar-refractivity contribution is 7.89. The van der Waals surface area contributed by atoms with E-state index in [0.717, 1.165) is 24.2 Å². The number of hydrogen-bond acceptors (Lipinski definition) is 4. The van der Waals surface area contributed by atoms with Gasteiger partial charge in [0.25, 0.3) is 0 Å². The number of nitrogens with one attached hydrogen (secondary N) is 2. The van der Waals surface area contributed by atoms with Crippen LogP contribution < -0.4 is 9.62 Å². The number of sulfonamides is 1. The number of nitriles is 1. The molecule has 1 atom stereocenters. The molecule has 7 heteroatoms. The van der Waals surface area contributed by atoms with Gasteiger partial charge in [-0.05, 0) is 30.7 Å². The summed E-state index contributed by atoms with van der Waals surface area (Å²) in [6, 6.07) is 15.6. The van der Waals surface area contributed by atoms with Gasteiger partial charge in [-0.25, -0.2) is 8.42 Å². The fourth-order valence-corrected chi connectivity index (χ4v) is 4.44. The first-order chi connectivity index (χ1) is 13.0. The van der Waals surface area contributed by atoms with Crippen LogP contribution in [0, 0.1) is 18.3 Å². The smallest absolute Gasteiger partial charge is 0.241 e. The number of aryl methyl sites for hydroxylation is 1. The molecule has 27 heavy (non-hydrogen) atoms. The number of nitrogens with zero attached hydrogens (tertiary/aromatic N) is 1. The molecule has 2 N–H and O–H groups in total. The molecule has 0 unspecified atom stereocenters. The fourth-order valence-electron chi connectivity index (χ4n) is 3.17. The second-order valence-electron chi connectivity index (χ2n) is 6.79. The molecule has 0 saturated carbocycles. The van der Waals surface area contributed by atoms with Crippen LogP contribution in [-0.4, -0.2) is 41.3 Å². The summed E-state index contributed by atoms with van der Waals surface area (Å²) in [6.07, 6.45) is 0. The molecule has 142 valence electrons. The Balaban J connectivity index is 1.87. The molecule has 2 aromatic carbocycles. The molecule has 1 saturated heterocycles. The van der Waals surface area contributed by atoms with Gasteiger partial charge in [0.05, 0.1) is 42.3 Å². The quantitative estimate of drug-likeness (QED) is 0.769. The third kappa shape index (κ3) is 5.15. The molecule has 0 amide bonds. The summed E-state index contributed by atoms with van der Waals surface area (Å²) in [6.45, 7) is 5.73. The Labute approximate surface area is 160 Å². The van der Waals surface area contributed by atoms with E-state index in [1.807, 2.05) is 37.3 Å². The van der Waals surface area contributed by atoms with Gasteiger partial charge in [0.2, 0.25) is 10.0 Å². The molecule has 1 aliphatic heterocycles. The van der Waals surface area contributed by atoms with Crippen molar-refractivity contribution in [2.45, 2.75) is 17.9 Å². The normalized spacial score (nSPS) is 16.6. The van der Waals surface area contributed by atoms with Crippen molar-refractivity contribution in [1.29, 1.82) is 5.26 Å². The number of ether oxygens (including phenoxy) is 1. The lowest BCUT2D eigenvalue weighted by atomic mass is 10.1. The first-order valence-electron chi connectivity index (χ1n) is 8.98. The molecule has 0 aliphatic carbocycles. The summed E-state index contributed by atoms with van der Waals surface area (Å²) in [4.78, 5) is 1.41. The molecule has 0 spiro atoms. The largest absolute Gasteiger partial charge is 0.370 e. The average Bonchev–Trinajstić information content (AvgIpc) is 2.69. The molecule has 1 aliphatic rings. The van der Waals surface area contributed by atoms with E-state index in [1.54, 1.807) is 12.1 Å². The van der Waals surface area contributed by atoms with E-state index in [9.17, 15) is 8.42 Å². The van der Waals surface area contributed by atoms with Crippen LogP contribution in [0.3, 0.4) is 0 Å². The van der Waals surface area contributed by atoms with Crippen LogP contribution in [0.15, 0.2) is 53.4 Å². The van der Waals surface area contributed by atoms with Gasteiger partial charge in [0.1, 0.15) is 13.1 Å². The van der Waals surface area contributed by atoms with Gasteiger partial charge in [-0.1, -0.05) is 35.9 Å². The van der Waals surface area contributed by atoms with Crippen LogP contribution in [-0.2, 0) is 14.8 Å². The fraction of sp³-hybridized carbons (Fsp3) is 0.350. The van der Waals surface area contributed by atoms with Crippen LogP contribution in [0.4, 0.5) is 0 Å². The van der Waals surface area contributed by atoms with Crippen molar-refractivity contribution in [3.63, 3.8) is 0 Å². The Morgan fingerprint density at radius 2 is 1.89 bits per heavy atom. The Bertz CT molecular complexity index is 914. The summed E-state index contributed by atoms with van der Waals surface area (Å²) in [7, 11) is -3.75. The van der Waals surface area contributed by atoms with Crippen molar-refractivity contribution >= 4 is 10.0 Å². The maximum atomic E-state index is 12.9. The molecular weight excluding hydrogens is 362 g/mol. The van der Waals surface area contributed by atoms with Crippen LogP contribution in [0.5, 0.6) is 0 Å². The highest BCUT2D eigenvalue weighted by atomic mass is 32.2. The minimum absolute atomic E-state index is 0.107. The van der Waals surface area contributed by atoms with Crippen molar-refractivity contribution in [1.82, 2.24) is 4.72 Å². The third-order valence-corrected chi connectivity index (χ3v) is 6.21. The summed E-state index contributed by atoms with van der Waals surface area (Å²) in [5.41, 5.74) is 2.38. The zero-order chi connectivity index (χ0) is 19.3. The molecule has 1 fully saturated rings. The van der Waals surface area contributed by atoms with Crippen LogP contribution >= 0.6 is 0 Å². The lowest BCUT2D eigenvalue weighted by Crippen LogP contribution is -3.14. The predicted octanol–water partition coefficient (Wildman–Crippen LogP) is 0.801. The molecule has 0 bridgehead atoms. The molecule has 1 heterocycles. The van der Waals surface area contributed by atoms with Gasteiger partial charge in [-0.2, -0.15) is 9.98 Å². The minimum atomic E-state index is -3.75. The van der Waals surface area contributed by atoms with Crippen LogP contribution in [0.1, 0.15) is 22.7 Å². The van der Waals surface area contributed by atoms with Gasteiger partial charge in [-0.3, -0.25) is 0 Å². The van der Waals surface area contributed by atoms with E-state index in [2.05, 4.69) is 4.72 Å². The lowest BCUT2D eigenvalue weighted by molar-refractivity contribution is -0.909. The monoisotopic (exact) mass is 386 g/mol. The Kier molecular flexibility index (Phi) is 6.24. The van der Waals surface area contributed by atoms with Gasteiger partial charge in [-0.15, -0.1) is 0 Å². The molecule has 6 nitrogen and oxygen atoms in total. The number of benzene rings is 2. The second-order valence-corrected chi connectivity index (χ2v) is 8.50. The van der Waals surface area contributed by atoms with E-state index in [4.69, 9.17) is 10.00 Å². The SMILES string of the molecule is Cc1ccc([C@@H](C[NH+]2CCOCC2)NS(=O)(=O)c2cccc(C#N)c2)cc1. The van der Waals surface area contributed by atoms with Crippen molar-refractivity contribution in [3.05, 3.63) is 65.2 Å². The van der Waals surface area contributed by atoms with Crippen molar-refractivity contribution in [2.24, 2.45) is 0 Å². The summed E-state index contributed by atoms with van der Waals surface area (Å²) in [5.74, 6) is 0. The number of morpholine rings is 1. The Morgan fingerprint density at radius 3 is 2.56 bits per heavy atom. The Morgan fingerprint density at radius 1 is 1.19 bits per heavy atom. The third-order valence-electron chi connectivity index (χ3n) is 4.74. The van der Waals surface area contributed by atoms with Gasteiger partial charge in [0, 0.05) is 0 Å². The molecule has 0 radical (unpaired) electrons. The second kappa shape index (κ2) is 8.63. The standard InChI is InChI=1S/C20H23N3O3S/c1-16-5-7-18(8-6-16)20(15-23-9-11-26-12-10-23)22-27(24,25)19-4-2-3-17(13-19)14-21/h2-8,13,20,22H,9-12,15H2,1H3/p+1/t20-/m1/s1. The molecular formula is C20H24N3O3S+. The number of rotatable bonds is 6. The van der Waals surface area contributed by atoms with Crippen molar-refractivity contribution in [3.8, 4) is 6.07 Å². The van der Waals surface area contributed by atoms with Crippen LogP contribution in [0.2, 0.25) is 0 Å². The molecule has 0 aromatic heterocycles. The van der Waals surface area contributed by atoms with E-state index in [1.165, 1.54) is 17.0 Å². The van der Waals surface area contributed by atoms with Gasteiger partial charge in [0.15, 0.2) is 0 Å². The Hall–Kier alpha value is -2.24. The highest BCUT2D eigenvalue weighted by Crippen LogP contribution is 2.18. The maximum Gasteiger partial charge on any atom is 0.241 e. The summed E-state index contributed by atoms with van der Waals surface area (Å²) >= 11 is 0. The van der Waals surface area contributed by atoms with Crippen LogP contribution in [0.25, 0.3) is 0 Å². The molecule has 2 aromatic rings. The number of hydrogen-bond donors (Lipinski definition) is 2. The zero-order valence-electron chi connectivity index (χ0n) is 15.3. The van der Waals surface area contributed by atoms with E-state index in [0.29, 0.717) is 25.3 Å². The van der Waals surface area contributed by atoms with E-state index < -0.39 is 10.0 Å². The summed E-state index contributed by atoms with van der Waals surface area (Å²) < 4.78 is 34.1. The van der Waals surface area contributed by atoms with Crippen molar-refractivity contribution < 1.29 is 18.1 Å². The molecule has 3 rings (SSSR count). The average molecular weight is 386 g/mol. The highest BCUT2D eigenvalue weighted by Gasteiger charge is 2.26.